The van der Waals surface area contributed by atoms with Crippen LogP contribution in [0.2, 0.25) is 0 Å². The van der Waals surface area contributed by atoms with Crippen LogP contribution in [-0.4, -0.2) is 20.1 Å². The van der Waals surface area contributed by atoms with Crippen LogP contribution in [0.15, 0.2) is 28.9 Å². The summed E-state index contributed by atoms with van der Waals surface area (Å²) < 4.78 is 3.72. The highest BCUT2D eigenvalue weighted by Crippen LogP contribution is 2.28. The van der Waals surface area contributed by atoms with Crippen molar-refractivity contribution in [2.24, 2.45) is 0 Å². The Bertz CT molecular complexity index is 544. The van der Waals surface area contributed by atoms with Crippen LogP contribution in [0.5, 0.6) is 0 Å². The monoisotopic (exact) mass is 421 g/mol. The van der Waals surface area contributed by atoms with Gasteiger partial charge >= 0.3 is 0 Å². The third kappa shape index (κ3) is 2.92. The quantitative estimate of drug-likeness (QED) is 0.771. The second-order valence-corrected chi connectivity index (χ2v) is 6.03. The van der Waals surface area contributed by atoms with Crippen LogP contribution in [0, 0.1) is 3.57 Å². The van der Waals surface area contributed by atoms with E-state index in [-0.39, 0.29) is 0 Å². The van der Waals surface area contributed by atoms with Crippen molar-refractivity contribution >= 4 is 38.5 Å². The minimum absolute atomic E-state index is 0.698. The highest BCUT2D eigenvalue weighted by Gasteiger charge is 2.18. The van der Waals surface area contributed by atoms with Crippen LogP contribution in [0.1, 0.15) is 30.7 Å². The van der Waals surface area contributed by atoms with E-state index in [4.69, 9.17) is 0 Å². The van der Waals surface area contributed by atoms with Gasteiger partial charge in [0.1, 0.15) is 6.10 Å². The molecular formula is C12H13BrIN3O. The molecule has 1 heterocycles. The summed E-state index contributed by atoms with van der Waals surface area (Å²) in [5, 5.41) is 18.3. The average Bonchev–Trinajstić information content (AvgIpc) is 2.80. The molecule has 0 spiro atoms. The van der Waals surface area contributed by atoms with Gasteiger partial charge in [-0.25, -0.2) is 4.68 Å². The first-order chi connectivity index (χ1) is 8.63. The van der Waals surface area contributed by atoms with E-state index in [9.17, 15) is 5.11 Å². The summed E-state index contributed by atoms with van der Waals surface area (Å²) in [5.41, 5.74) is 1.59. The Labute approximate surface area is 128 Å². The number of aryl methyl sites for hydroxylation is 1. The van der Waals surface area contributed by atoms with E-state index in [1.807, 2.05) is 18.2 Å². The molecule has 0 amide bonds. The van der Waals surface area contributed by atoms with Crippen molar-refractivity contribution in [2.75, 3.05) is 0 Å². The summed E-state index contributed by atoms with van der Waals surface area (Å²) in [6.07, 6.45) is 1.88. The molecule has 0 aliphatic heterocycles. The summed E-state index contributed by atoms with van der Waals surface area (Å²) in [5.74, 6) is 0. The van der Waals surface area contributed by atoms with Gasteiger partial charge < -0.3 is 5.11 Å². The van der Waals surface area contributed by atoms with Gasteiger partial charge in [0.2, 0.25) is 0 Å². The standard InChI is InChI=1S/C12H13BrIN3O/c1-2-5-17-11(7-15-16-17)12(18)9-6-8(13)3-4-10(9)14/h3-4,6-7,12,18H,2,5H2,1H3. The zero-order valence-corrected chi connectivity index (χ0v) is 13.6. The number of halogens is 2. The number of nitrogens with zero attached hydrogens (tertiary/aromatic N) is 3. The largest absolute Gasteiger partial charge is 0.382 e. The van der Waals surface area contributed by atoms with Crippen molar-refractivity contribution in [2.45, 2.75) is 26.0 Å². The van der Waals surface area contributed by atoms with Gasteiger partial charge in [-0.15, -0.1) is 5.10 Å². The Morgan fingerprint density at radius 3 is 3.00 bits per heavy atom. The maximum absolute atomic E-state index is 10.5. The second-order valence-electron chi connectivity index (χ2n) is 3.95. The van der Waals surface area contributed by atoms with Crippen molar-refractivity contribution in [1.29, 1.82) is 0 Å². The number of hydrogen-bond donors (Lipinski definition) is 1. The average molecular weight is 422 g/mol. The molecule has 1 atom stereocenters. The summed E-state index contributed by atoms with van der Waals surface area (Å²) in [4.78, 5) is 0. The Kier molecular flexibility index (Phi) is 4.74. The third-order valence-corrected chi connectivity index (χ3v) is 4.09. The lowest BCUT2D eigenvalue weighted by atomic mass is 10.1. The third-order valence-electron chi connectivity index (χ3n) is 2.62. The Balaban J connectivity index is 2.38. The minimum atomic E-state index is -0.698. The Morgan fingerprint density at radius 2 is 2.28 bits per heavy atom. The van der Waals surface area contributed by atoms with Gasteiger partial charge in [0.05, 0.1) is 11.9 Å². The van der Waals surface area contributed by atoms with Crippen LogP contribution < -0.4 is 0 Å². The highest BCUT2D eigenvalue weighted by molar-refractivity contribution is 14.1. The second kappa shape index (κ2) is 6.12. The molecule has 4 nitrogen and oxygen atoms in total. The maximum Gasteiger partial charge on any atom is 0.123 e. The van der Waals surface area contributed by atoms with Crippen LogP contribution in [0.3, 0.4) is 0 Å². The lowest BCUT2D eigenvalue weighted by Gasteiger charge is -2.14. The smallest absolute Gasteiger partial charge is 0.123 e. The molecule has 2 aromatic rings. The normalized spacial score (nSPS) is 12.7. The first kappa shape index (κ1) is 14.0. The van der Waals surface area contributed by atoms with Gasteiger partial charge in [-0.2, -0.15) is 0 Å². The van der Waals surface area contributed by atoms with Crippen molar-refractivity contribution in [3.8, 4) is 0 Å². The van der Waals surface area contributed by atoms with Crippen molar-refractivity contribution in [3.05, 3.63) is 43.7 Å². The number of hydrogen-bond acceptors (Lipinski definition) is 3. The molecule has 96 valence electrons. The van der Waals surface area contributed by atoms with E-state index < -0.39 is 6.10 Å². The molecule has 0 saturated carbocycles. The fourth-order valence-electron chi connectivity index (χ4n) is 1.75. The molecule has 0 radical (unpaired) electrons. The van der Waals surface area contributed by atoms with Gasteiger partial charge in [-0.05, 0) is 47.2 Å². The lowest BCUT2D eigenvalue weighted by Crippen LogP contribution is -2.11. The topological polar surface area (TPSA) is 50.9 Å². The minimum Gasteiger partial charge on any atom is -0.382 e. The molecule has 0 aliphatic rings. The molecule has 0 fully saturated rings. The van der Waals surface area contributed by atoms with Gasteiger partial charge in [0.15, 0.2) is 0 Å². The van der Waals surface area contributed by atoms with Crippen molar-refractivity contribution in [1.82, 2.24) is 15.0 Å². The molecule has 1 aromatic carbocycles. The first-order valence-corrected chi connectivity index (χ1v) is 7.52. The van der Waals surface area contributed by atoms with Crippen molar-refractivity contribution in [3.63, 3.8) is 0 Å². The number of aliphatic hydroxyl groups is 1. The lowest BCUT2D eigenvalue weighted by molar-refractivity contribution is 0.206. The number of rotatable bonds is 4. The molecule has 0 aliphatic carbocycles. The van der Waals surface area contributed by atoms with Gasteiger partial charge in [0, 0.05) is 20.2 Å². The number of benzene rings is 1. The van der Waals surface area contributed by atoms with Crippen LogP contribution in [-0.2, 0) is 6.54 Å². The molecule has 2 rings (SSSR count). The van der Waals surface area contributed by atoms with Gasteiger partial charge in [-0.1, -0.05) is 28.1 Å². The molecule has 1 N–H and O–H groups in total. The maximum atomic E-state index is 10.5. The van der Waals surface area contributed by atoms with Crippen LogP contribution >= 0.6 is 38.5 Å². The van der Waals surface area contributed by atoms with E-state index in [0.29, 0.717) is 0 Å². The summed E-state index contributed by atoms with van der Waals surface area (Å²) in [6, 6.07) is 5.85. The number of aromatic nitrogens is 3. The summed E-state index contributed by atoms with van der Waals surface area (Å²) >= 11 is 5.64. The van der Waals surface area contributed by atoms with Crippen LogP contribution in [0.25, 0.3) is 0 Å². The summed E-state index contributed by atoms with van der Waals surface area (Å²) in [7, 11) is 0. The zero-order valence-electron chi connectivity index (χ0n) is 9.85. The number of aliphatic hydroxyl groups excluding tert-OH is 1. The van der Waals surface area contributed by atoms with Gasteiger partial charge in [0.25, 0.3) is 0 Å². The molecule has 1 unspecified atom stereocenters. The Hall–Kier alpha value is -0.470. The van der Waals surface area contributed by atoms with Crippen LogP contribution in [0.4, 0.5) is 0 Å². The zero-order chi connectivity index (χ0) is 13.1. The van der Waals surface area contributed by atoms with E-state index in [1.165, 1.54) is 0 Å². The predicted octanol–water partition coefficient (Wildman–Crippen LogP) is 3.14. The van der Waals surface area contributed by atoms with E-state index >= 15 is 0 Å². The van der Waals surface area contributed by atoms with E-state index in [0.717, 1.165) is 32.3 Å². The van der Waals surface area contributed by atoms with Gasteiger partial charge in [-0.3, -0.25) is 0 Å². The molecule has 18 heavy (non-hydrogen) atoms. The predicted molar refractivity (Wildman–Crippen MR) is 81.2 cm³/mol. The fraction of sp³-hybridized carbons (Fsp3) is 0.333. The Morgan fingerprint density at radius 1 is 1.50 bits per heavy atom. The molecule has 0 saturated heterocycles. The SMILES string of the molecule is CCCn1nncc1C(O)c1cc(Br)ccc1I. The highest BCUT2D eigenvalue weighted by atomic mass is 127. The van der Waals surface area contributed by atoms with E-state index in [2.05, 4.69) is 55.8 Å². The molecular weight excluding hydrogens is 409 g/mol. The summed E-state index contributed by atoms with van der Waals surface area (Å²) in [6.45, 7) is 2.83. The van der Waals surface area contributed by atoms with E-state index in [1.54, 1.807) is 10.9 Å². The first-order valence-electron chi connectivity index (χ1n) is 5.65. The van der Waals surface area contributed by atoms with Crippen molar-refractivity contribution < 1.29 is 5.11 Å². The molecule has 0 bridgehead atoms. The molecule has 1 aromatic heterocycles. The molecule has 6 heteroatoms. The fourth-order valence-corrected chi connectivity index (χ4v) is 2.76.